The van der Waals surface area contributed by atoms with E-state index in [0.29, 0.717) is 17.1 Å². The fourth-order valence-corrected chi connectivity index (χ4v) is 3.18. The van der Waals surface area contributed by atoms with Gasteiger partial charge in [0.15, 0.2) is 0 Å². The average Bonchev–Trinajstić information content (AvgIpc) is 3.23. The van der Waals surface area contributed by atoms with Crippen molar-refractivity contribution in [3.8, 4) is 0 Å². The van der Waals surface area contributed by atoms with Crippen LogP contribution in [0.5, 0.6) is 0 Å². The molecule has 0 radical (unpaired) electrons. The quantitative estimate of drug-likeness (QED) is 0.666. The highest BCUT2D eigenvalue weighted by Crippen LogP contribution is 2.35. The van der Waals surface area contributed by atoms with E-state index in [9.17, 15) is 9.59 Å². The topological polar surface area (TPSA) is 76.3 Å². The smallest absolute Gasteiger partial charge is 0.299 e. The van der Waals surface area contributed by atoms with Crippen LogP contribution in [0.2, 0.25) is 0 Å². The summed E-state index contributed by atoms with van der Waals surface area (Å²) in [5.74, 6) is -0.442. The zero-order chi connectivity index (χ0) is 19.0. The first-order chi connectivity index (χ1) is 13.0. The third-order valence-corrected chi connectivity index (χ3v) is 4.52. The number of hydrogen-bond donors (Lipinski definition) is 0. The van der Waals surface area contributed by atoms with E-state index in [0.717, 1.165) is 16.7 Å². The highest BCUT2D eigenvalue weighted by Gasteiger charge is 2.38. The SMILES string of the molecule is Cc1ccc(C)c2c1C(=O)C(=O)N2Cc1nnc(C=Cc2ccccc2)o1. The monoisotopic (exact) mass is 359 g/mol. The highest BCUT2D eigenvalue weighted by molar-refractivity contribution is 6.52. The van der Waals surface area contributed by atoms with Crippen LogP contribution in [0.4, 0.5) is 5.69 Å². The number of aromatic nitrogens is 2. The van der Waals surface area contributed by atoms with E-state index in [-0.39, 0.29) is 12.4 Å². The number of aryl methyl sites for hydroxylation is 2. The lowest BCUT2D eigenvalue weighted by atomic mass is 10.0. The second-order valence-electron chi connectivity index (χ2n) is 6.42. The summed E-state index contributed by atoms with van der Waals surface area (Å²) in [4.78, 5) is 26.2. The minimum absolute atomic E-state index is 0.0635. The van der Waals surface area contributed by atoms with E-state index < -0.39 is 11.7 Å². The number of ketones is 1. The van der Waals surface area contributed by atoms with Crippen molar-refractivity contribution in [1.82, 2.24) is 10.2 Å². The molecule has 134 valence electrons. The van der Waals surface area contributed by atoms with Gasteiger partial charge in [-0.1, -0.05) is 42.5 Å². The average molecular weight is 359 g/mol. The van der Waals surface area contributed by atoms with E-state index in [2.05, 4.69) is 10.2 Å². The summed E-state index contributed by atoms with van der Waals surface area (Å²) >= 11 is 0. The van der Waals surface area contributed by atoms with Gasteiger partial charge in [0.05, 0.1) is 11.3 Å². The largest absolute Gasteiger partial charge is 0.419 e. The molecular weight excluding hydrogens is 342 g/mol. The number of amides is 1. The second kappa shape index (κ2) is 6.64. The highest BCUT2D eigenvalue weighted by atomic mass is 16.4. The molecule has 2 heterocycles. The summed E-state index contributed by atoms with van der Waals surface area (Å²) in [6, 6.07) is 13.5. The number of anilines is 1. The second-order valence-corrected chi connectivity index (χ2v) is 6.42. The van der Waals surface area contributed by atoms with Gasteiger partial charge in [-0.25, -0.2) is 0 Å². The number of fused-ring (bicyclic) bond motifs is 1. The van der Waals surface area contributed by atoms with E-state index in [1.807, 2.05) is 62.4 Å². The first kappa shape index (κ1) is 16.9. The Hall–Kier alpha value is -3.54. The van der Waals surface area contributed by atoms with Gasteiger partial charge >= 0.3 is 0 Å². The number of carbonyl (C=O) groups excluding carboxylic acids is 2. The Kier molecular flexibility index (Phi) is 4.16. The molecule has 0 saturated carbocycles. The van der Waals surface area contributed by atoms with Crippen molar-refractivity contribution in [1.29, 1.82) is 0 Å². The first-order valence-corrected chi connectivity index (χ1v) is 8.56. The summed E-state index contributed by atoms with van der Waals surface area (Å²) in [7, 11) is 0. The number of nitrogens with zero attached hydrogens (tertiary/aromatic N) is 3. The summed E-state index contributed by atoms with van der Waals surface area (Å²) in [6.45, 7) is 3.76. The molecule has 0 saturated heterocycles. The maximum Gasteiger partial charge on any atom is 0.299 e. The van der Waals surface area contributed by atoms with Gasteiger partial charge in [0, 0.05) is 6.08 Å². The van der Waals surface area contributed by atoms with Crippen LogP contribution in [-0.2, 0) is 11.3 Å². The maximum atomic E-state index is 12.5. The fourth-order valence-electron chi connectivity index (χ4n) is 3.18. The molecule has 1 amide bonds. The van der Waals surface area contributed by atoms with E-state index in [4.69, 9.17) is 4.42 Å². The first-order valence-electron chi connectivity index (χ1n) is 8.56. The van der Waals surface area contributed by atoms with E-state index >= 15 is 0 Å². The molecule has 1 aliphatic heterocycles. The van der Waals surface area contributed by atoms with Crippen LogP contribution in [0.3, 0.4) is 0 Å². The van der Waals surface area contributed by atoms with Crippen LogP contribution >= 0.6 is 0 Å². The Morgan fingerprint density at radius 2 is 1.70 bits per heavy atom. The van der Waals surface area contributed by atoms with Crippen molar-refractivity contribution in [2.24, 2.45) is 0 Å². The molecule has 1 aliphatic rings. The molecule has 2 aromatic carbocycles. The van der Waals surface area contributed by atoms with Crippen molar-refractivity contribution in [2.75, 3.05) is 4.90 Å². The van der Waals surface area contributed by atoms with Gasteiger partial charge in [0.2, 0.25) is 11.8 Å². The third kappa shape index (κ3) is 3.06. The van der Waals surface area contributed by atoms with Crippen LogP contribution in [0.1, 0.15) is 38.8 Å². The Labute approximate surface area is 156 Å². The normalized spacial score (nSPS) is 13.6. The van der Waals surface area contributed by atoms with E-state index in [1.165, 1.54) is 4.90 Å². The van der Waals surface area contributed by atoms with Crippen LogP contribution < -0.4 is 4.90 Å². The maximum absolute atomic E-state index is 12.5. The molecular formula is C21H17N3O3. The molecule has 0 unspecified atom stereocenters. The van der Waals surface area contributed by atoms with Gasteiger partial charge in [-0.05, 0) is 36.6 Å². The van der Waals surface area contributed by atoms with Crippen LogP contribution in [-0.4, -0.2) is 21.9 Å². The Morgan fingerprint density at radius 3 is 2.48 bits per heavy atom. The fraction of sp³-hybridized carbons (Fsp3) is 0.143. The summed E-state index contributed by atoms with van der Waals surface area (Å²) in [5.41, 5.74) is 3.75. The van der Waals surface area contributed by atoms with Crippen molar-refractivity contribution < 1.29 is 14.0 Å². The third-order valence-electron chi connectivity index (χ3n) is 4.52. The molecule has 0 atom stereocenters. The molecule has 6 nitrogen and oxygen atoms in total. The lowest BCUT2D eigenvalue weighted by molar-refractivity contribution is -0.114. The van der Waals surface area contributed by atoms with Gasteiger partial charge in [-0.2, -0.15) is 0 Å². The number of rotatable bonds is 4. The van der Waals surface area contributed by atoms with Crippen molar-refractivity contribution in [3.63, 3.8) is 0 Å². The molecule has 0 N–H and O–H groups in total. The number of carbonyl (C=O) groups is 2. The Bertz CT molecular complexity index is 1070. The molecule has 3 aromatic rings. The molecule has 0 aliphatic carbocycles. The van der Waals surface area contributed by atoms with Gasteiger partial charge in [0.1, 0.15) is 6.54 Å². The molecule has 6 heteroatoms. The van der Waals surface area contributed by atoms with Gasteiger partial charge in [0.25, 0.3) is 11.7 Å². The van der Waals surface area contributed by atoms with Crippen LogP contribution in [0.15, 0.2) is 46.9 Å². The standard InChI is InChI=1S/C21H17N3O3/c1-13-8-9-14(2)19-18(13)20(25)21(26)24(19)12-17-23-22-16(27-17)11-10-15-6-4-3-5-7-15/h3-11H,12H2,1-2H3. The zero-order valence-electron chi connectivity index (χ0n) is 15.0. The van der Waals surface area contributed by atoms with Gasteiger partial charge in [-0.15, -0.1) is 10.2 Å². The summed E-state index contributed by atoms with van der Waals surface area (Å²) < 4.78 is 5.62. The van der Waals surface area contributed by atoms with Crippen molar-refractivity contribution >= 4 is 29.5 Å². The number of Topliss-reactive ketones (excluding diaryl/α,β-unsaturated/α-hetero) is 1. The van der Waals surface area contributed by atoms with E-state index in [1.54, 1.807) is 6.08 Å². The lowest BCUT2D eigenvalue weighted by Gasteiger charge is -2.16. The summed E-state index contributed by atoms with van der Waals surface area (Å²) in [6.07, 6.45) is 3.58. The zero-order valence-corrected chi connectivity index (χ0v) is 15.0. The van der Waals surface area contributed by atoms with Crippen molar-refractivity contribution in [3.05, 3.63) is 76.5 Å². The predicted octanol–water partition coefficient (Wildman–Crippen LogP) is 3.59. The van der Waals surface area contributed by atoms with Crippen LogP contribution in [0.25, 0.3) is 12.2 Å². The molecule has 0 fully saturated rings. The van der Waals surface area contributed by atoms with Gasteiger partial charge < -0.3 is 4.42 Å². The Morgan fingerprint density at radius 1 is 0.963 bits per heavy atom. The number of hydrogen-bond acceptors (Lipinski definition) is 5. The Balaban J connectivity index is 1.59. The molecule has 1 aromatic heterocycles. The lowest BCUT2D eigenvalue weighted by Crippen LogP contribution is -2.29. The predicted molar refractivity (Wildman–Crippen MR) is 101 cm³/mol. The van der Waals surface area contributed by atoms with Gasteiger partial charge in [-0.3, -0.25) is 14.5 Å². The summed E-state index contributed by atoms with van der Waals surface area (Å²) in [5, 5.41) is 7.99. The minimum atomic E-state index is -0.568. The molecule has 4 rings (SSSR count). The van der Waals surface area contributed by atoms with Crippen molar-refractivity contribution in [2.45, 2.75) is 20.4 Å². The molecule has 27 heavy (non-hydrogen) atoms. The molecule has 0 spiro atoms. The number of benzene rings is 2. The van der Waals surface area contributed by atoms with Crippen LogP contribution in [0, 0.1) is 13.8 Å². The molecule has 0 bridgehead atoms. The minimum Gasteiger partial charge on any atom is -0.419 e.